The number of hydrogen-bond donors (Lipinski definition) is 1. The minimum Gasteiger partial charge on any atom is -0.343 e. The Morgan fingerprint density at radius 1 is 1.17 bits per heavy atom. The van der Waals surface area contributed by atoms with Gasteiger partial charge in [0.05, 0.1) is 11.2 Å². The minimum absolute atomic E-state index is 0.0769. The Bertz CT molecular complexity index is 838. The molecule has 7 nitrogen and oxygen atoms in total. The predicted molar refractivity (Wildman–Crippen MR) is 119 cm³/mol. The van der Waals surface area contributed by atoms with Crippen LogP contribution in [0, 0.1) is 5.41 Å². The first kappa shape index (κ1) is 21.9. The molecule has 3 rings (SSSR count). The van der Waals surface area contributed by atoms with Gasteiger partial charge in [-0.2, -0.15) is 0 Å². The van der Waals surface area contributed by atoms with Gasteiger partial charge in [0.25, 0.3) is 0 Å². The van der Waals surface area contributed by atoms with Crippen LogP contribution in [0.15, 0.2) is 34.7 Å². The summed E-state index contributed by atoms with van der Waals surface area (Å²) >= 11 is 8.77. The van der Waals surface area contributed by atoms with Crippen molar-refractivity contribution < 1.29 is 9.59 Å². The van der Waals surface area contributed by atoms with Crippen molar-refractivity contribution in [3.63, 3.8) is 0 Å². The van der Waals surface area contributed by atoms with E-state index in [-0.39, 0.29) is 17.6 Å². The number of alkyl halides is 1. The van der Waals surface area contributed by atoms with Crippen LogP contribution < -0.4 is 10.2 Å². The van der Waals surface area contributed by atoms with E-state index in [0.29, 0.717) is 32.1 Å². The highest BCUT2D eigenvalue weighted by atomic mass is 35.5. The largest absolute Gasteiger partial charge is 0.343 e. The Balaban J connectivity index is 1.47. The van der Waals surface area contributed by atoms with Crippen LogP contribution in [0.1, 0.15) is 13.8 Å². The molecular weight excluding hydrogens is 430 g/mol. The van der Waals surface area contributed by atoms with Crippen molar-refractivity contribution in [3.05, 3.63) is 30.3 Å². The molecule has 1 N–H and O–H groups in total. The highest BCUT2D eigenvalue weighted by Crippen LogP contribution is 2.29. The zero-order valence-electron chi connectivity index (χ0n) is 16.4. The molecule has 0 radical (unpaired) electrons. The van der Waals surface area contributed by atoms with Gasteiger partial charge in [-0.1, -0.05) is 41.3 Å². The summed E-state index contributed by atoms with van der Waals surface area (Å²) in [6, 6.07) is 9.36. The second-order valence-corrected chi connectivity index (χ2v) is 9.80. The number of benzene rings is 1. The van der Waals surface area contributed by atoms with Crippen LogP contribution in [0.4, 0.5) is 10.8 Å². The molecule has 1 aromatic carbocycles. The Morgan fingerprint density at radius 2 is 1.86 bits per heavy atom. The molecule has 0 atom stereocenters. The number of nitrogens with zero attached hydrogens (tertiary/aromatic N) is 4. The summed E-state index contributed by atoms with van der Waals surface area (Å²) in [5, 5.41) is 12.1. The second-order valence-electron chi connectivity index (χ2n) is 7.35. The second kappa shape index (κ2) is 9.77. The normalized spacial score (nSPS) is 14.7. The van der Waals surface area contributed by atoms with E-state index in [1.165, 1.54) is 23.1 Å². The van der Waals surface area contributed by atoms with E-state index in [1.807, 2.05) is 49.1 Å². The molecule has 29 heavy (non-hydrogen) atoms. The molecule has 1 aliphatic rings. The van der Waals surface area contributed by atoms with E-state index < -0.39 is 5.41 Å². The monoisotopic (exact) mass is 453 g/mol. The Kier molecular flexibility index (Phi) is 7.37. The summed E-state index contributed by atoms with van der Waals surface area (Å²) in [7, 11) is 0. The summed E-state index contributed by atoms with van der Waals surface area (Å²) in [6.45, 7) is 6.44. The van der Waals surface area contributed by atoms with Crippen molar-refractivity contribution in [2.45, 2.75) is 18.2 Å². The molecule has 0 unspecified atom stereocenters. The summed E-state index contributed by atoms with van der Waals surface area (Å²) in [5.74, 6) is 0.595. The standard InChI is InChI=1S/C19H24ClN5O2S2/c1-19(2,13-20)16(27)24-8-10-25(11-9-24)17-22-23-18(29-17)28-12-15(26)21-14-6-4-3-5-7-14/h3-7H,8-13H2,1-2H3,(H,21,26). The minimum atomic E-state index is -0.545. The number of hydrogen-bond acceptors (Lipinski definition) is 7. The third-order valence-corrected chi connectivity index (χ3v) is 7.32. The van der Waals surface area contributed by atoms with Gasteiger partial charge in [0.15, 0.2) is 4.34 Å². The molecule has 156 valence electrons. The van der Waals surface area contributed by atoms with Crippen LogP contribution in [0.5, 0.6) is 0 Å². The SMILES string of the molecule is CC(C)(CCl)C(=O)N1CCN(c2nnc(SCC(=O)Nc3ccccc3)s2)CC1. The molecule has 2 heterocycles. The number of para-hydroxylation sites is 1. The van der Waals surface area contributed by atoms with Crippen molar-refractivity contribution in [1.82, 2.24) is 15.1 Å². The maximum atomic E-state index is 12.5. The summed E-state index contributed by atoms with van der Waals surface area (Å²) < 4.78 is 0.755. The smallest absolute Gasteiger partial charge is 0.234 e. The van der Waals surface area contributed by atoms with Gasteiger partial charge < -0.3 is 15.1 Å². The molecule has 2 amide bonds. The number of carbonyl (C=O) groups is 2. The lowest BCUT2D eigenvalue weighted by atomic mass is 9.94. The van der Waals surface area contributed by atoms with Crippen LogP contribution in [-0.2, 0) is 9.59 Å². The van der Waals surface area contributed by atoms with Crippen LogP contribution in [0.2, 0.25) is 0 Å². The lowest BCUT2D eigenvalue weighted by molar-refractivity contribution is -0.139. The number of halogens is 1. The van der Waals surface area contributed by atoms with Crippen LogP contribution in [0.25, 0.3) is 0 Å². The number of amides is 2. The molecule has 0 spiro atoms. The van der Waals surface area contributed by atoms with E-state index in [0.717, 1.165) is 15.2 Å². The number of nitrogens with one attached hydrogen (secondary N) is 1. The molecule has 1 aromatic heterocycles. The molecular formula is C19H24ClN5O2S2. The van der Waals surface area contributed by atoms with Crippen LogP contribution in [0.3, 0.4) is 0 Å². The van der Waals surface area contributed by atoms with E-state index in [1.54, 1.807) is 0 Å². The van der Waals surface area contributed by atoms with Gasteiger partial charge in [0.1, 0.15) is 0 Å². The first-order chi connectivity index (χ1) is 13.9. The van der Waals surface area contributed by atoms with Gasteiger partial charge in [-0.25, -0.2) is 0 Å². The zero-order chi connectivity index (χ0) is 20.9. The van der Waals surface area contributed by atoms with Crippen molar-refractivity contribution in [2.24, 2.45) is 5.41 Å². The van der Waals surface area contributed by atoms with Gasteiger partial charge in [-0.15, -0.1) is 21.8 Å². The molecule has 2 aromatic rings. The van der Waals surface area contributed by atoms with E-state index in [4.69, 9.17) is 11.6 Å². The quantitative estimate of drug-likeness (QED) is 0.512. The van der Waals surface area contributed by atoms with Gasteiger partial charge in [0.2, 0.25) is 16.9 Å². The Morgan fingerprint density at radius 3 is 2.52 bits per heavy atom. The van der Waals surface area contributed by atoms with Gasteiger partial charge in [-0.05, 0) is 26.0 Å². The van der Waals surface area contributed by atoms with E-state index in [9.17, 15) is 9.59 Å². The molecule has 0 aliphatic carbocycles. The number of piperazine rings is 1. The van der Waals surface area contributed by atoms with Crippen molar-refractivity contribution in [3.8, 4) is 0 Å². The zero-order valence-corrected chi connectivity index (χ0v) is 18.8. The maximum Gasteiger partial charge on any atom is 0.234 e. The molecule has 1 saturated heterocycles. The average molecular weight is 454 g/mol. The lowest BCUT2D eigenvalue weighted by Gasteiger charge is -2.37. The van der Waals surface area contributed by atoms with Crippen molar-refractivity contribution >= 4 is 57.3 Å². The van der Waals surface area contributed by atoms with E-state index in [2.05, 4.69) is 20.4 Å². The van der Waals surface area contributed by atoms with E-state index >= 15 is 0 Å². The summed E-state index contributed by atoms with van der Waals surface area (Å²) in [4.78, 5) is 28.6. The fourth-order valence-corrected chi connectivity index (χ4v) is 4.63. The number of thioether (sulfide) groups is 1. The van der Waals surface area contributed by atoms with Crippen molar-refractivity contribution in [1.29, 1.82) is 0 Å². The van der Waals surface area contributed by atoms with Crippen molar-refractivity contribution in [2.75, 3.05) is 48.0 Å². The predicted octanol–water partition coefficient (Wildman–Crippen LogP) is 3.18. The third kappa shape index (κ3) is 5.83. The summed E-state index contributed by atoms with van der Waals surface area (Å²) in [5.41, 5.74) is 0.233. The maximum absolute atomic E-state index is 12.5. The van der Waals surface area contributed by atoms with Crippen LogP contribution in [-0.4, -0.2) is 64.7 Å². The molecule has 10 heteroatoms. The van der Waals surface area contributed by atoms with Gasteiger partial charge in [0, 0.05) is 37.7 Å². The molecule has 1 fully saturated rings. The average Bonchev–Trinajstić information content (AvgIpc) is 3.21. The number of anilines is 2. The molecule has 1 aliphatic heterocycles. The highest BCUT2D eigenvalue weighted by Gasteiger charge is 2.33. The number of carbonyl (C=O) groups excluding carboxylic acids is 2. The van der Waals surface area contributed by atoms with Crippen LogP contribution >= 0.6 is 34.7 Å². The first-order valence-electron chi connectivity index (χ1n) is 9.30. The molecule has 0 saturated carbocycles. The van der Waals surface area contributed by atoms with Gasteiger partial charge >= 0.3 is 0 Å². The van der Waals surface area contributed by atoms with Gasteiger partial charge in [-0.3, -0.25) is 9.59 Å². The lowest BCUT2D eigenvalue weighted by Crippen LogP contribution is -2.52. The number of aromatic nitrogens is 2. The highest BCUT2D eigenvalue weighted by molar-refractivity contribution is 8.01. The topological polar surface area (TPSA) is 78.4 Å². The first-order valence-corrected chi connectivity index (χ1v) is 11.6. The molecule has 0 bridgehead atoms. The fourth-order valence-electron chi connectivity index (χ4n) is 2.82. The number of rotatable bonds is 7. The third-order valence-electron chi connectivity index (χ3n) is 4.53. The Labute approximate surface area is 183 Å². The Hall–Kier alpha value is -1.84. The fraction of sp³-hybridized carbons (Fsp3) is 0.474. The summed E-state index contributed by atoms with van der Waals surface area (Å²) in [6.07, 6.45) is 0.